The molecule has 1 aromatic carbocycles. The minimum atomic E-state index is 0.0281. The monoisotopic (exact) mass is 237 g/mol. The van der Waals surface area contributed by atoms with Crippen molar-refractivity contribution < 1.29 is 19.0 Å². The SMILES string of the molecule is COc1cc2c(c(OC)c1OC)C(=O)CN2C. The van der Waals surface area contributed by atoms with Gasteiger partial charge in [0.05, 0.1) is 39.1 Å². The Morgan fingerprint density at radius 3 is 2.29 bits per heavy atom. The van der Waals surface area contributed by atoms with Crippen molar-refractivity contribution in [3.05, 3.63) is 11.6 Å². The number of nitrogens with zero attached hydrogens (tertiary/aromatic N) is 1. The molecule has 0 aliphatic carbocycles. The number of likely N-dealkylation sites (N-methyl/N-ethyl adjacent to an activating group) is 1. The molecule has 0 radical (unpaired) electrons. The van der Waals surface area contributed by atoms with E-state index in [1.165, 1.54) is 14.2 Å². The molecule has 0 fully saturated rings. The Morgan fingerprint density at radius 1 is 1.12 bits per heavy atom. The quantitative estimate of drug-likeness (QED) is 0.794. The van der Waals surface area contributed by atoms with Gasteiger partial charge in [0.2, 0.25) is 5.75 Å². The first-order valence-electron chi connectivity index (χ1n) is 5.21. The second kappa shape index (κ2) is 4.16. The molecule has 1 aliphatic rings. The lowest BCUT2D eigenvalue weighted by Gasteiger charge is -2.17. The summed E-state index contributed by atoms with van der Waals surface area (Å²) >= 11 is 0. The van der Waals surface area contributed by atoms with Gasteiger partial charge in [-0.15, -0.1) is 0 Å². The molecule has 17 heavy (non-hydrogen) atoms. The molecule has 1 aromatic rings. The number of fused-ring (bicyclic) bond motifs is 1. The first-order valence-corrected chi connectivity index (χ1v) is 5.21. The highest BCUT2D eigenvalue weighted by atomic mass is 16.5. The first kappa shape index (κ1) is 11.6. The van der Waals surface area contributed by atoms with Crippen molar-refractivity contribution in [2.75, 3.05) is 39.8 Å². The summed E-state index contributed by atoms with van der Waals surface area (Å²) in [6.07, 6.45) is 0. The van der Waals surface area contributed by atoms with E-state index in [0.29, 0.717) is 29.4 Å². The van der Waals surface area contributed by atoms with Crippen LogP contribution in [0.2, 0.25) is 0 Å². The number of carbonyl (C=O) groups is 1. The van der Waals surface area contributed by atoms with Gasteiger partial charge in [0, 0.05) is 13.1 Å². The lowest BCUT2D eigenvalue weighted by molar-refractivity contribution is 0.101. The van der Waals surface area contributed by atoms with E-state index in [1.54, 1.807) is 13.2 Å². The average Bonchev–Trinajstić information content (AvgIpc) is 2.62. The molecule has 2 rings (SSSR count). The normalized spacial score (nSPS) is 13.6. The minimum absolute atomic E-state index is 0.0281. The van der Waals surface area contributed by atoms with Crippen molar-refractivity contribution in [2.45, 2.75) is 0 Å². The minimum Gasteiger partial charge on any atom is -0.493 e. The number of Topliss-reactive ketones (excluding diaryl/α,β-unsaturated/α-hetero) is 1. The predicted octanol–water partition coefficient (Wildman–Crippen LogP) is 1.34. The van der Waals surface area contributed by atoms with Gasteiger partial charge in [0.25, 0.3) is 0 Å². The Kier molecular flexibility index (Phi) is 2.83. The molecule has 0 aromatic heterocycles. The lowest BCUT2D eigenvalue weighted by atomic mass is 10.1. The first-order chi connectivity index (χ1) is 8.13. The molecule has 5 heteroatoms. The van der Waals surface area contributed by atoms with Crippen LogP contribution in [-0.2, 0) is 0 Å². The molecule has 1 aliphatic heterocycles. The topological polar surface area (TPSA) is 48.0 Å². The van der Waals surface area contributed by atoms with Crippen molar-refractivity contribution in [2.24, 2.45) is 0 Å². The van der Waals surface area contributed by atoms with Gasteiger partial charge in [0.15, 0.2) is 17.3 Å². The van der Waals surface area contributed by atoms with Gasteiger partial charge in [0.1, 0.15) is 0 Å². The van der Waals surface area contributed by atoms with Crippen molar-refractivity contribution in [3.63, 3.8) is 0 Å². The van der Waals surface area contributed by atoms with Crippen LogP contribution in [0.25, 0.3) is 0 Å². The highest BCUT2D eigenvalue weighted by molar-refractivity contribution is 6.11. The summed E-state index contributed by atoms with van der Waals surface area (Å²) in [5.41, 5.74) is 1.37. The zero-order valence-corrected chi connectivity index (χ0v) is 10.4. The standard InChI is InChI=1S/C12H15NO4/c1-13-6-8(14)10-7(13)5-9(15-2)11(16-3)12(10)17-4/h5H,6H2,1-4H3. The largest absolute Gasteiger partial charge is 0.493 e. The Hall–Kier alpha value is -1.91. The third kappa shape index (κ3) is 1.58. The molecule has 0 amide bonds. The molecular weight excluding hydrogens is 222 g/mol. The predicted molar refractivity (Wildman–Crippen MR) is 63.7 cm³/mol. The van der Waals surface area contributed by atoms with Crippen LogP contribution in [-0.4, -0.2) is 40.7 Å². The van der Waals surface area contributed by atoms with Crippen LogP contribution >= 0.6 is 0 Å². The van der Waals surface area contributed by atoms with E-state index in [2.05, 4.69) is 0 Å². The summed E-state index contributed by atoms with van der Waals surface area (Å²) < 4.78 is 15.8. The van der Waals surface area contributed by atoms with E-state index in [0.717, 1.165) is 5.69 Å². The summed E-state index contributed by atoms with van der Waals surface area (Å²) in [6, 6.07) is 1.79. The van der Waals surface area contributed by atoms with Gasteiger partial charge in [-0.3, -0.25) is 4.79 Å². The number of ketones is 1. The fourth-order valence-corrected chi connectivity index (χ4v) is 2.09. The van der Waals surface area contributed by atoms with Crippen LogP contribution in [0.4, 0.5) is 5.69 Å². The number of rotatable bonds is 3. The van der Waals surface area contributed by atoms with Gasteiger partial charge in [-0.05, 0) is 0 Å². The molecule has 0 bridgehead atoms. The second-order valence-electron chi connectivity index (χ2n) is 3.82. The van der Waals surface area contributed by atoms with Crippen LogP contribution in [0.5, 0.6) is 17.2 Å². The molecule has 0 saturated heterocycles. The maximum absolute atomic E-state index is 11.9. The van der Waals surface area contributed by atoms with Gasteiger partial charge >= 0.3 is 0 Å². The average molecular weight is 237 g/mol. The number of hydrogen-bond donors (Lipinski definition) is 0. The van der Waals surface area contributed by atoms with E-state index in [-0.39, 0.29) is 5.78 Å². The maximum atomic E-state index is 11.9. The van der Waals surface area contributed by atoms with E-state index in [4.69, 9.17) is 14.2 Å². The molecule has 92 valence electrons. The molecule has 5 nitrogen and oxygen atoms in total. The van der Waals surface area contributed by atoms with Crippen LogP contribution in [0.3, 0.4) is 0 Å². The van der Waals surface area contributed by atoms with Crippen LogP contribution < -0.4 is 19.1 Å². The van der Waals surface area contributed by atoms with Crippen LogP contribution in [0.1, 0.15) is 10.4 Å². The van der Waals surface area contributed by atoms with Crippen molar-refractivity contribution in [1.82, 2.24) is 0 Å². The highest BCUT2D eigenvalue weighted by Gasteiger charge is 2.32. The lowest BCUT2D eigenvalue weighted by Crippen LogP contribution is -2.15. The van der Waals surface area contributed by atoms with Crippen molar-refractivity contribution in [1.29, 1.82) is 0 Å². The van der Waals surface area contributed by atoms with E-state index in [9.17, 15) is 4.79 Å². The third-order valence-corrected chi connectivity index (χ3v) is 2.88. The zero-order valence-electron chi connectivity index (χ0n) is 10.4. The number of anilines is 1. The van der Waals surface area contributed by atoms with E-state index >= 15 is 0 Å². The van der Waals surface area contributed by atoms with Crippen molar-refractivity contribution in [3.8, 4) is 17.2 Å². The summed E-state index contributed by atoms with van der Waals surface area (Å²) in [7, 11) is 6.45. The maximum Gasteiger partial charge on any atom is 0.204 e. The third-order valence-electron chi connectivity index (χ3n) is 2.88. The van der Waals surface area contributed by atoms with Gasteiger partial charge in [-0.1, -0.05) is 0 Å². The van der Waals surface area contributed by atoms with Gasteiger partial charge in [-0.2, -0.15) is 0 Å². The summed E-state index contributed by atoms with van der Waals surface area (Å²) in [5, 5.41) is 0. The van der Waals surface area contributed by atoms with Crippen LogP contribution in [0, 0.1) is 0 Å². The van der Waals surface area contributed by atoms with Crippen molar-refractivity contribution >= 4 is 11.5 Å². The molecular formula is C12H15NO4. The van der Waals surface area contributed by atoms with E-state index < -0.39 is 0 Å². The summed E-state index contributed by atoms with van der Waals surface area (Å²) in [4.78, 5) is 13.8. The van der Waals surface area contributed by atoms with Gasteiger partial charge in [-0.25, -0.2) is 0 Å². The fraction of sp³-hybridized carbons (Fsp3) is 0.417. The summed E-state index contributed by atoms with van der Waals surface area (Å²) in [5.74, 6) is 1.48. The Labute approximate surface area is 99.9 Å². The molecule has 0 spiro atoms. The number of benzene rings is 1. The number of hydrogen-bond acceptors (Lipinski definition) is 5. The summed E-state index contributed by atoms with van der Waals surface area (Å²) in [6.45, 7) is 0.349. The number of carbonyl (C=O) groups excluding carboxylic acids is 1. The highest BCUT2D eigenvalue weighted by Crippen LogP contribution is 2.47. The fourth-order valence-electron chi connectivity index (χ4n) is 2.09. The molecule has 0 atom stereocenters. The Balaban J connectivity index is 2.73. The van der Waals surface area contributed by atoms with Gasteiger partial charge < -0.3 is 19.1 Å². The number of ether oxygens (including phenoxy) is 3. The molecule has 0 unspecified atom stereocenters. The van der Waals surface area contributed by atoms with E-state index in [1.807, 2.05) is 11.9 Å². The molecule has 0 saturated carbocycles. The second-order valence-corrected chi connectivity index (χ2v) is 3.82. The molecule has 0 N–H and O–H groups in total. The number of methoxy groups -OCH3 is 3. The Morgan fingerprint density at radius 2 is 1.76 bits per heavy atom. The Bertz CT molecular complexity index is 470. The smallest absolute Gasteiger partial charge is 0.204 e. The van der Waals surface area contributed by atoms with Crippen LogP contribution in [0.15, 0.2) is 6.07 Å². The zero-order chi connectivity index (χ0) is 12.6. The molecule has 1 heterocycles.